The van der Waals surface area contributed by atoms with Crippen LogP contribution in [0.4, 0.5) is 0 Å². The molecule has 0 spiro atoms. The van der Waals surface area contributed by atoms with Gasteiger partial charge in [-0.2, -0.15) is 8.42 Å². The molecule has 0 amide bonds. The van der Waals surface area contributed by atoms with Crippen LogP contribution in [-0.2, 0) is 14.9 Å². The molecule has 0 radical (unpaired) electrons. The predicted molar refractivity (Wildman–Crippen MR) is 47.6 cm³/mol. The first-order valence-electron chi connectivity index (χ1n) is 3.62. The second kappa shape index (κ2) is 8.92. The van der Waals surface area contributed by atoms with Gasteiger partial charge in [0.2, 0.25) is 0 Å². The Morgan fingerprint density at radius 3 is 2.00 bits per heavy atom. The summed E-state index contributed by atoms with van der Waals surface area (Å²) >= 11 is 0. The molecule has 0 aliphatic heterocycles. The fraction of sp³-hybridized carbons (Fsp3) is 1.00. The summed E-state index contributed by atoms with van der Waals surface area (Å²) in [7, 11) is -2.04. The first-order chi connectivity index (χ1) is 5.47. The first-order valence-corrected chi connectivity index (χ1v) is 5.23. The standard InChI is InChI=1S/C3H9NO.C3H8O3S/c1-5-3-2-4;1-2-3-7(4,5)6/h2-4H2,1H3;2-3H2,1H3,(H,4,5,6). The minimum atomic E-state index is -3.67. The molecule has 0 heterocycles. The Balaban J connectivity index is 0. The van der Waals surface area contributed by atoms with Crippen LogP contribution in [0.5, 0.6) is 0 Å². The fourth-order valence-corrected chi connectivity index (χ4v) is 0.892. The van der Waals surface area contributed by atoms with Gasteiger partial charge in [-0.25, -0.2) is 0 Å². The van der Waals surface area contributed by atoms with Gasteiger partial charge in [-0.05, 0) is 6.42 Å². The summed E-state index contributed by atoms with van der Waals surface area (Å²) in [6, 6.07) is 0. The smallest absolute Gasteiger partial charge is 0.264 e. The van der Waals surface area contributed by atoms with E-state index in [2.05, 4.69) is 4.74 Å². The van der Waals surface area contributed by atoms with Crippen molar-refractivity contribution in [2.75, 3.05) is 26.0 Å². The Kier molecular flexibility index (Phi) is 10.7. The molecule has 0 aliphatic carbocycles. The zero-order chi connectivity index (χ0) is 10.0. The van der Waals surface area contributed by atoms with Gasteiger partial charge in [0.25, 0.3) is 10.1 Å². The summed E-state index contributed by atoms with van der Waals surface area (Å²) in [4.78, 5) is 0. The molecule has 0 aromatic carbocycles. The average Bonchev–Trinajstić information content (AvgIpc) is 1.87. The highest BCUT2D eigenvalue weighted by molar-refractivity contribution is 7.85. The second-order valence-electron chi connectivity index (χ2n) is 2.07. The van der Waals surface area contributed by atoms with Gasteiger partial charge in [-0.15, -0.1) is 0 Å². The molecular weight excluding hydrogens is 182 g/mol. The molecule has 76 valence electrons. The molecule has 0 rings (SSSR count). The molecule has 0 aliphatic rings. The van der Waals surface area contributed by atoms with Crippen LogP contribution in [0.2, 0.25) is 0 Å². The van der Waals surface area contributed by atoms with Crippen molar-refractivity contribution in [3.05, 3.63) is 0 Å². The van der Waals surface area contributed by atoms with Crippen LogP contribution >= 0.6 is 0 Å². The van der Waals surface area contributed by atoms with Gasteiger partial charge < -0.3 is 10.5 Å². The Bertz CT molecular complexity index is 164. The van der Waals surface area contributed by atoms with E-state index >= 15 is 0 Å². The fourth-order valence-electron chi connectivity index (χ4n) is 0.376. The van der Waals surface area contributed by atoms with Gasteiger partial charge in [0, 0.05) is 13.7 Å². The number of nitrogens with two attached hydrogens (primary N) is 1. The van der Waals surface area contributed by atoms with Crippen LogP contribution in [-0.4, -0.2) is 39.0 Å². The van der Waals surface area contributed by atoms with Crippen molar-refractivity contribution in [1.82, 2.24) is 0 Å². The van der Waals surface area contributed by atoms with Crippen LogP contribution in [0.25, 0.3) is 0 Å². The van der Waals surface area contributed by atoms with E-state index in [1.165, 1.54) is 0 Å². The minimum Gasteiger partial charge on any atom is -0.383 e. The van der Waals surface area contributed by atoms with E-state index in [1.807, 2.05) is 0 Å². The molecule has 0 bridgehead atoms. The molecule has 6 heteroatoms. The molecule has 0 aromatic heterocycles. The van der Waals surface area contributed by atoms with Gasteiger partial charge in [-0.1, -0.05) is 6.92 Å². The monoisotopic (exact) mass is 199 g/mol. The lowest BCUT2D eigenvalue weighted by Gasteiger charge is -1.85. The average molecular weight is 199 g/mol. The van der Waals surface area contributed by atoms with E-state index in [-0.39, 0.29) is 5.75 Å². The molecule has 3 N–H and O–H groups in total. The molecule has 5 nitrogen and oxygen atoms in total. The van der Waals surface area contributed by atoms with E-state index in [0.29, 0.717) is 19.6 Å². The van der Waals surface area contributed by atoms with Gasteiger partial charge in [-0.3, -0.25) is 4.55 Å². The van der Waals surface area contributed by atoms with Crippen molar-refractivity contribution in [2.24, 2.45) is 5.73 Å². The number of hydrogen-bond donors (Lipinski definition) is 2. The summed E-state index contributed by atoms with van der Waals surface area (Å²) in [5.41, 5.74) is 5.01. The Morgan fingerprint density at radius 1 is 1.50 bits per heavy atom. The molecule has 0 aromatic rings. The highest BCUT2D eigenvalue weighted by Crippen LogP contribution is 1.83. The van der Waals surface area contributed by atoms with Crippen molar-refractivity contribution in [3.63, 3.8) is 0 Å². The summed E-state index contributed by atoms with van der Waals surface area (Å²) < 4.78 is 32.1. The topological polar surface area (TPSA) is 89.6 Å². The normalized spacial score (nSPS) is 10.3. The Labute approximate surface area is 73.7 Å². The third-order valence-corrected chi connectivity index (χ3v) is 1.71. The van der Waals surface area contributed by atoms with Crippen LogP contribution < -0.4 is 5.73 Å². The largest absolute Gasteiger partial charge is 0.383 e. The molecule has 0 saturated carbocycles. The van der Waals surface area contributed by atoms with Gasteiger partial charge in [0.05, 0.1) is 12.4 Å². The lowest BCUT2D eigenvalue weighted by atomic mass is 10.6. The highest BCUT2D eigenvalue weighted by atomic mass is 32.2. The predicted octanol–water partition coefficient (Wildman–Crippen LogP) is -0.124. The van der Waals surface area contributed by atoms with Crippen LogP contribution in [0.1, 0.15) is 13.3 Å². The molecule has 0 fully saturated rings. The quantitative estimate of drug-likeness (QED) is 0.616. The minimum absolute atomic E-state index is 0.132. The molecular formula is C6H17NO4S. The SMILES string of the molecule is CCCS(=O)(=O)O.COCCN. The lowest BCUT2D eigenvalue weighted by molar-refractivity contribution is 0.207. The third kappa shape index (κ3) is 22.5. The van der Waals surface area contributed by atoms with E-state index in [0.717, 1.165) is 0 Å². The van der Waals surface area contributed by atoms with Gasteiger partial charge >= 0.3 is 0 Å². The molecule has 0 atom stereocenters. The van der Waals surface area contributed by atoms with E-state index in [4.69, 9.17) is 10.3 Å². The van der Waals surface area contributed by atoms with Crippen LogP contribution in [0.15, 0.2) is 0 Å². The van der Waals surface area contributed by atoms with Crippen molar-refractivity contribution in [3.8, 4) is 0 Å². The van der Waals surface area contributed by atoms with Crippen LogP contribution in [0, 0.1) is 0 Å². The van der Waals surface area contributed by atoms with E-state index in [9.17, 15) is 8.42 Å². The van der Waals surface area contributed by atoms with Crippen molar-refractivity contribution < 1.29 is 17.7 Å². The zero-order valence-electron chi connectivity index (χ0n) is 7.49. The third-order valence-electron chi connectivity index (χ3n) is 0.784. The molecule has 0 saturated heterocycles. The Morgan fingerprint density at radius 2 is 2.00 bits per heavy atom. The number of methoxy groups -OCH3 is 1. The van der Waals surface area contributed by atoms with Crippen LogP contribution in [0.3, 0.4) is 0 Å². The second-order valence-corrected chi connectivity index (χ2v) is 3.64. The number of ether oxygens (including phenoxy) is 1. The maximum atomic E-state index is 9.79. The summed E-state index contributed by atoms with van der Waals surface area (Å²) in [6.45, 7) is 2.98. The number of hydrogen-bond acceptors (Lipinski definition) is 4. The summed E-state index contributed by atoms with van der Waals surface area (Å²) in [5, 5.41) is 0. The lowest BCUT2D eigenvalue weighted by Crippen LogP contribution is -2.05. The highest BCUT2D eigenvalue weighted by Gasteiger charge is 1.98. The van der Waals surface area contributed by atoms with Crippen molar-refractivity contribution >= 4 is 10.1 Å². The van der Waals surface area contributed by atoms with E-state index < -0.39 is 10.1 Å². The number of rotatable bonds is 4. The Hall–Kier alpha value is -0.170. The van der Waals surface area contributed by atoms with Crippen molar-refractivity contribution in [1.29, 1.82) is 0 Å². The van der Waals surface area contributed by atoms with Crippen molar-refractivity contribution in [2.45, 2.75) is 13.3 Å². The summed E-state index contributed by atoms with van der Waals surface area (Å²) in [6.07, 6.45) is 0.471. The van der Waals surface area contributed by atoms with Gasteiger partial charge in [0.1, 0.15) is 0 Å². The molecule has 12 heavy (non-hydrogen) atoms. The zero-order valence-corrected chi connectivity index (χ0v) is 8.30. The first kappa shape index (κ1) is 14.4. The maximum absolute atomic E-state index is 9.79. The molecule has 0 unspecified atom stereocenters. The maximum Gasteiger partial charge on any atom is 0.264 e. The summed E-state index contributed by atoms with van der Waals surface area (Å²) in [5.74, 6) is -0.132. The van der Waals surface area contributed by atoms with E-state index in [1.54, 1.807) is 14.0 Å². The van der Waals surface area contributed by atoms with Gasteiger partial charge in [0.15, 0.2) is 0 Å².